The van der Waals surface area contributed by atoms with Crippen molar-refractivity contribution >= 4 is 5.91 Å². The molecule has 1 aliphatic heterocycles. The Morgan fingerprint density at radius 3 is 2.06 bits per heavy atom. The van der Waals surface area contributed by atoms with Crippen LogP contribution in [-0.2, 0) is 4.79 Å². The van der Waals surface area contributed by atoms with Crippen LogP contribution in [0.2, 0.25) is 0 Å². The highest BCUT2D eigenvalue weighted by molar-refractivity contribution is 5.87. The van der Waals surface area contributed by atoms with Crippen LogP contribution in [0.15, 0.2) is 0 Å². The molecule has 0 radical (unpaired) electrons. The van der Waals surface area contributed by atoms with E-state index in [1.54, 1.807) is 13.8 Å². The van der Waals surface area contributed by atoms with Crippen molar-refractivity contribution in [1.82, 2.24) is 9.80 Å². The zero-order chi connectivity index (χ0) is 12.7. The topological polar surface area (TPSA) is 23.6 Å². The Labute approximate surface area is 93.2 Å². The van der Waals surface area contributed by atoms with E-state index in [-0.39, 0.29) is 6.04 Å². The monoisotopic (exact) mass is 238 g/mol. The minimum Gasteiger partial charge on any atom is -0.346 e. The second kappa shape index (κ2) is 3.91. The molecule has 1 fully saturated rings. The molecule has 0 saturated carbocycles. The van der Waals surface area contributed by atoms with Gasteiger partial charge in [-0.05, 0) is 13.8 Å². The summed E-state index contributed by atoms with van der Waals surface area (Å²) in [6.45, 7) is 2.14. The van der Waals surface area contributed by atoms with E-state index in [1.807, 2.05) is 0 Å². The van der Waals surface area contributed by atoms with Gasteiger partial charge in [0.1, 0.15) is 0 Å². The third kappa shape index (κ3) is 1.90. The van der Waals surface area contributed by atoms with E-state index in [1.165, 1.54) is 19.0 Å². The first kappa shape index (κ1) is 13.3. The summed E-state index contributed by atoms with van der Waals surface area (Å²) >= 11 is 0. The first-order valence-electron chi connectivity index (χ1n) is 5.14. The molecule has 0 N–H and O–H groups in total. The van der Waals surface area contributed by atoms with Crippen LogP contribution in [0.5, 0.6) is 0 Å². The molecule has 1 aliphatic rings. The Morgan fingerprint density at radius 1 is 1.25 bits per heavy atom. The molecular formula is C10H17F3N2O. The van der Waals surface area contributed by atoms with Crippen LogP contribution in [0, 0.1) is 0 Å². The summed E-state index contributed by atoms with van der Waals surface area (Å²) in [5, 5.41) is 0. The second-order valence-corrected chi connectivity index (χ2v) is 4.70. The van der Waals surface area contributed by atoms with Crippen LogP contribution in [0.4, 0.5) is 13.2 Å². The zero-order valence-electron chi connectivity index (χ0n) is 9.93. The van der Waals surface area contributed by atoms with E-state index in [2.05, 4.69) is 0 Å². The summed E-state index contributed by atoms with van der Waals surface area (Å²) in [6, 6.07) is -0.210. The molecule has 6 heteroatoms. The number of alkyl halides is 3. The van der Waals surface area contributed by atoms with E-state index in [0.717, 1.165) is 4.90 Å². The number of carbonyl (C=O) groups excluding carboxylic acids is 1. The lowest BCUT2D eigenvalue weighted by Crippen LogP contribution is -2.54. The van der Waals surface area contributed by atoms with Crippen molar-refractivity contribution in [3.63, 3.8) is 0 Å². The number of halogens is 3. The summed E-state index contributed by atoms with van der Waals surface area (Å²) in [6.07, 6.45) is 0. The van der Waals surface area contributed by atoms with Crippen LogP contribution >= 0.6 is 0 Å². The Balaban J connectivity index is 3.00. The van der Waals surface area contributed by atoms with Gasteiger partial charge < -0.3 is 4.90 Å². The number of rotatable bonds is 2. The largest absolute Gasteiger partial charge is 0.346 e. The average Bonchev–Trinajstić information content (AvgIpc) is 2.37. The highest BCUT2D eigenvalue weighted by atomic mass is 19.3. The molecule has 0 aromatic carbocycles. The fourth-order valence-electron chi connectivity index (χ4n) is 1.78. The second-order valence-electron chi connectivity index (χ2n) is 4.70. The standard InChI is InChI=1S/C10H17F3N2O/c1-7(2)15-5-9(11,8(16)14(3)4)10(12,13)6-15/h7H,5-6H2,1-4H3. The van der Waals surface area contributed by atoms with Crippen LogP contribution in [0.25, 0.3) is 0 Å². The third-order valence-electron chi connectivity index (χ3n) is 2.88. The van der Waals surface area contributed by atoms with Gasteiger partial charge in [0.05, 0.1) is 6.54 Å². The molecule has 94 valence electrons. The van der Waals surface area contributed by atoms with Crippen molar-refractivity contribution in [1.29, 1.82) is 0 Å². The van der Waals surface area contributed by atoms with Crippen molar-refractivity contribution in [3.8, 4) is 0 Å². The van der Waals surface area contributed by atoms with Gasteiger partial charge in [-0.1, -0.05) is 0 Å². The van der Waals surface area contributed by atoms with Crippen molar-refractivity contribution in [3.05, 3.63) is 0 Å². The van der Waals surface area contributed by atoms with Gasteiger partial charge in [0.2, 0.25) is 0 Å². The van der Waals surface area contributed by atoms with Crippen LogP contribution in [0.3, 0.4) is 0 Å². The van der Waals surface area contributed by atoms with E-state index < -0.39 is 30.6 Å². The van der Waals surface area contributed by atoms with Gasteiger partial charge in [0.25, 0.3) is 11.6 Å². The maximum Gasteiger partial charge on any atom is 0.304 e. The molecule has 0 aromatic rings. The molecule has 1 rings (SSSR count). The van der Waals surface area contributed by atoms with Gasteiger partial charge in [0, 0.05) is 26.7 Å². The Bertz CT molecular complexity index is 294. The molecule has 0 aliphatic carbocycles. The lowest BCUT2D eigenvalue weighted by molar-refractivity contribution is -0.162. The highest BCUT2D eigenvalue weighted by Gasteiger charge is 2.66. The molecule has 0 bridgehead atoms. The van der Waals surface area contributed by atoms with Crippen molar-refractivity contribution in [2.24, 2.45) is 0 Å². The normalized spacial score (nSPS) is 29.8. The lowest BCUT2D eigenvalue weighted by atomic mass is 10.00. The van der Waals surface area contributed by atoms with Crippen molar-refractivity contribution in [2.45, 2.75) is 31.5 Å². The smallest absolute Gasteiger partial charge is 0.304 e. The van der Waals surface area contributed by atoms with E-state index in [4.69, 9.17) is 0 Å². The fraction of sp³-hybridized carbons (Fsp3) is 0.900. The molecule has 0 spiro atoms. The van der Waals surface area contributed by atoms with Crippen LogP contribution < -0.4 is 0 Å². The number of hydrogen-bond donors (Lipinski definition) is 0. The molecule has 1 heterocycles. The fourth-order valence-corrected chi connectivity index (χ4v) is 1.78. The average molecular weight is 238 g/mol. The van der Waals surface area contributed by atoms with Crippen molar-refractivity contribution < 1.29 is 18.0 Å². The summed E-state index contributed by atoms with van der Waals surface area (Å²) in [7, 11) is 2.55. The molecule has 0 aromatic heterocycles. The number of amides is 1. The molecule has 1 atom stereocenters. The summed E-state index contributed by atoms with van der Waals surface area (Å²) in [4.78, 5) is 13.6. The van der Waals surface area contributed by atoms with Crippen LogP contribution in [-0.4, -0.2) is 60.5 Å². The lowest BCUT2D eigenvalue weighted by Gasteiger charge is -2.27. The molecule has 3 nitrogen and oxygen atoms in total. The van der Waals surface area contributed by atoms with Crippen molar-refractivity contribution in [2.75, 3.05) is 27.2 Å². The van der Waals surface area contributed by atoms with Crippen LogP contribution in [0.1, 0.15) is 13.8 Å². The maximum atomic E-state index is 14.2. The zero-order valence-corrected chi connectivity index (χ0v) is 9.93. The molecule has 1 saturated heterocycles. The summed E-state index contributed by atoms with van der Waals surface area (Å²) in [5.74, 6) is -4.79. The SMILES string of the molecule is CC(C)N1CC(F)(F)C(F)(C(=O)N(C)C)C1. The third-order valence-corrected chi connectivity index (χ3v) is 2.88. The highest BCUT2D eigenvalue weighted by Crippen LogP contribution is 2.41. The Morgan fingerprint density at radius 2 is 1.75 bits per heavy atom. The Kier molecular flexibility index (Phi) is 3.24. The van der Waals surface area contributed by atoms with Gasteiger partial charge in [-0.3, -0.25) is 9.69 Å². The maximum absolute atomic E-state index is 14.2. The van der Waals surface area contributed by atoms with Gasteiger partial charge >= 0.3 is 5.92 Å². The molecule has 16 heavy (non-hydrogen) atoms. The molecule has 1 unspecified atom stereocenters. The van der Waals surface area contributed by atoms with Gasteiger partial charge in [-0.2, -0.15) is 0 Å². The number of hydrogen-bond acceptors (Lipinski definition) is 2. The van der Waals surface area contributed by atoms with Gasteiger partial charge in [-0.25, -0.2) is 13.2 Å². The quantitative estimate of drug-likeness (QED) is 0.720. The molecule has 1 amide bonds. The minimum absolute atomic E-state index is 0.210. The first-order valence-corrected chi connectivity index (χ1v) is 5.14. The van der Waals surface area contributed by atoms with E-state index in [9.17, 15) is 18.0 Å². The predicted molar refractivity (Wildman–Crippen MR) is 54.2 cm³/mol. The van der Waals surface area contributed by atoms with E-state index >= 15 is 0 Å². The van der Waals surface area contributed by atoms with Gasteiger partial charge in [-0.15, -0.1) is 0 Å². The Hall–Kier alpha value is -0.780. The minimum atomic E-state index is -3.63. The van der Waals surface area contributed by atoms with E-state index in [0.29, 0.717) is 0 Å². The number of nitrogens with zero attached hydrogens (tertiary/aromatic N) is 2. The number of likely N-dealkylation sites (tertiary alicyclic amines) is 1. The molecular weight excluding hydrogens is 221 g/mol. The summed E-state index contributed by atoms with van der Waals surface area (Å²) < 4.78 is 41.3. The number of carbonyl (C=O) groups is 1. The van der Waals surface area contributed by atoms with Gasteiger partial charge in [0.15, 0.2) is 0 Å². The summed E-state index contributed by atoms with van der Waals surface area (Å²) in [5.41, 5.74) is -3.10. The first-order chi connectivity index (χ1) is 7.12. The predicted octanol–water partition coefficient (Wildman–Crippen LogP) is 1.14.